The van der Waals surface area contributed by atoms with Gasteiger partial charge in [0.1, 0.15) is 5.82 Å². The summed E-state index contributed by atoms with van der Waals surface area (Å²) in [6.45, 7) is 1.37. The summed E-state index contributed by atoms with van der Waals surface area (Å²) in [6, 6.07) is 5.54. The summed E-state index contributed by atoms with van der Waals surface area (Å²) in [4.78, 5) is 28.0. The Morgan fingerprint density at radius 2 is 2.39 bits per heavy atom. The van der Waals surface area contributed by atoms with Gasteiger partial charge in [-0.2, -0.15) is 0 Å². The lowest BCUT2D eigenvalue weighted by atomic mass is 10.1. The van der Waals surface area contributed by atoms with E-state index in [2.05, 4.69) is 10.3 Å². The van der Waals surface area contributed by atoms with E-state index in [1.54, 1.807) is 11.1 Å². The second-order valence-corrected chi connectivity index (χ2v) is 4.22. The third-order valence-electron chi connectivity index (χ3n) is 2.92. The zero-order valence-electron chi connectivity index (χ0n) is 9.87. The van der Waals surface area contributed by atoms with Gasteiger partial charge in [0.15, 0.2) is 0 Å². The first kappa shape index (κ1) is 12.3. The first-order valence-corrected chi connectivity index (χ1v) is 5.82. The quantitative estimate of drug-likeness (QED) is 0.790. The molecule has 1 amide bonds. The Kier molecular flexibility index (Phi) is 3.76. The van der Waals surface area contributed by atoms with Crippen molar-refractivity contribution in [2.75, 3.05) is 25.0 Å². The SMILES string of the molecule is O=C(O)C1CC(=O)N(CCNc2ccccn2)C1. The summed E-state index contributed by atoms with van der Waals surface area (Å²) in [5, 5.41) is 11.9. The molecule has 2 N–H and O–H groups in total. The molecule has 0 spiro atoms. The van der Waals surface area contributed by atoms with E-state index in [-0.39, 0.29) is 12.3 Å². The minimum absolute atomic E-state index is 0.0924. The molecule has 1 aliphatic heterocycles. The van der Waals surface area contributed by atoms with Gasteiger partial charge < -0.3 is 15.3 Å². The van der Waals surface area contributed by atoms with Crippen molar-refractivity contribution < 1.29 is 14.7 Å². The van der Waals surface area contributed by atoms with Crippen LogP contribution in [0.2, 0.25) is 0 Å². The Bertz CT molecular complexity index is 435. The number of amides is 1. The highest BCUT2D eigenvalue weighted by molar-refractivity contribution is 5.86. The summed E-state index contributed by atoms with van der Waals surface area (Å²) < 4.78 is 0. The number of hydrogen-bond donors (Lipinski definition) is 2. The molecule has 0 aromatic carbocycles. The highest BCUT2D eigenvalue weighted by Crippen LogP contribution is 2.17. The van der Waals surface area contributed by atoms with Gasteiger partial charge in [0.25, 0.3) is 0 Å². The van der Waals surface area contributed by atoms with Crippen LogP contribution in [0.25, 0.3) is 0 Å². The minimum Gasteiger partial charge on any atom is -0.481 e. The number of nitrogens with one attached hydrogen (secondary N) is 1. The van der Waals surface area contributed by atoms with Gasteiger partial charge in [-0.1, -0.05) is 6.07 Å². The van der Waals surface area contributed by atoms with E-state index in [1.165, 1.54) is 0 Å². The summed E-state index contributed by atoms with van der Waals surface area (Å²) in [7, 11) is 0. The Balaban J connectivity index is 1.78. The minimum atomic E-state index is -0.900. The molecule has 2 rings (SSSR count). The molecule has 96 valence electrons. The monoisotopic (exact) mass is 249 g/mol. The van der Waals surface area contributed by atoms with Crippen LogP contribution < -0.4 is 5.32 Å². The van der Waals surface area contributed by atoms with Gasteiger partial charge in [-0.25, -0.2) is 4.98 Å². The molecule has 1 fully saturated rings. The molecule has 6 heteroatoms. The number of carbonyl (C=O) groups excluding carboxylic acids is 1. The number of hydrogen-bond acceptors (Lipinski definition) is 4. The van der Waals surface area contributed by atoms with Gasteiger partial charge in [0, 0.05) is 32.3 Å². The number of pyridine rings is 1. The maximum absolute atomic E-state index is 11.6. The zero-order valence-corrected chi connectivity index (χ0v) is 9.87. The predicted molar refractivity (Wildman–Crippen MR) is 65.0 cm³/mol. The normalized spacial score (nSPS) is 19.0. The highest BCUT2D eigenvalue weighted by atomic mass is 16.4. The van der Waals surface area contributed by atoms with E-state index in [9.17, 15) is 9.59 Å². The van der Waals surface area contributed by atoms with E-state index in [0.29, 0.717) is 19.6 Å². The lowest BCUT2D eigenvalue weighted by Crippen LogP contribution is -2.31. The average Bonchev–Trinajstić information content (AvgIpc) is 2.73. The topological polar surface area (TPSA) is 82.5 Å². The molecule has 0 radical (unpaired) electrons. The van der Waals surface area contributed by atoms with Crippen LogP contribution in [0, 0.1) is 5.92 Å². The lowest BCUT2D eigenvalue weighted by Gasteiger charge is -2.16. The van der Waals surface area contributed by atoms with Crippen molar-refractivity contribution in [1.82, 2.24) is 9.88 Å². The molecule has 0 aliphatic carbocycles. The van der Waals surface area contributed by atoms with Crippen LogP contribution in [0.15, 0.2) is 24.4 Å². The van der Waals surface area contributed by atoms with Crippen LogP contribution >= 0.6 is 0 Å². The fraction of sp³-hybridized carbons (Fsp3) is 0.417. The fourth-order valence-electron chi connectivity index (χ4n) is 1.94. The molecule has 18 heavy (non-hydrogen) atoms. The molecule has 1 aliphatic rings. The lowest BCUT2D eigenvalue weighted by molar-refractivity contribution is -0.141. The van der Waals surface area contributed by atoms with Gasteiger partial charge in [-0.15, -0.1) is 0 Å². The van der Waals surface area contributed by atoms with Crippen molar-refractivity contribution in [1.29, 1.82) is 0 Å². The van der Waals surface area contributed by atoms with Gasteiger partial charge in [0.05, 0.1) is 5.92 Å². The highest BCUT2D eigenvalue weighted by Gasteiger charge is 2.33. The van der Waals surface area contributed by atoms with Crippen molar-refractivity contribution in [2.24, 2.45) is 5.92 Å². The molecule has 1 aromatic heterocycles. The van der Waals surface area contributed by atoms with Crippen molar-refractivity contribution in [3.05, 3.63) is 24.4 Å². The van der Waals surface area contributed by atoms with Crippen molar-refractivity contribution in [3.8, 4) is 0 Å². The third kappa shape index (κ3) is 2.97. The number of aromatic nitrogens is 1. The van der Waals surface area contributed by atoms with Crippen molar-refractivity contribution in [3.63, 3.8) is 0 Å². The smallest absolute Gasteiger partial charge is 0.308 e. The molecule has 6 nitrogen and oxygen atoms in total. The molecule has 1 unspecified atom stereocenters. The van der Waals surface area contributed by atoms with E-state index >= 15 is 0 Å². The molecule has 0 bridgehead atoms. The second-order valence-electron chi connectivity index (χ2n) is 4.22. The maximum Gasteiger partial charge on any atom is 0.308 e. The maximum atomic E-state index is 11.6. The number of carboxylic acid groups (broad SMARTS) is 1. The van der Waals surface area contributed by atoms with Gasteiger partial charge in [-0.3, -0.25) is 9.59 Å². The number of aliphatic carboxylic acids is 1. The molecule has 1 saturated heterocycles. The van der Waals surface area contributed by atoms with Crippen LogP contribution in [0.4, 0.5) is 5.82 Å². The van der Waals surface area contributed by atoms with E-state index in [4.69, 9.17) is 5.11 Å². The Hall–Kier alpha value is -2.11. The second kappa shape index (κ2) is 5.48. The van der Waals surface area contributed by atoms with Crippen molar-refractivity contribution in [2.45, 2.75) is 6.42 Å². The molecule has 2 heterocycles. The standard InChI is InChI=1S/C12H15N3O3/c16-11-7-9(12(17)18)8-15(11)6-5-14-10-3-1-2-4-13-10/h1-4,9H,5-8H2,(H,13,14)(H,17,18). The molecular formula is C12H15N3O3. The molecule has 1 aromatic rings. The zero-order chi connectivity index (χ0) is 13.0. The van der Waals surface area contributed by atoms with Gasteiger partial charge >= 0.3 is 5.97 Å². The van der Waals surface area contributed by atoms with E-state index < -0.39 is 11.9 Å². The molecular weight excluding hydrogens is 234 g/mol. The number of anilines is 1. The van der Waals surface area contributed by atoms with Gasteiger partial charge in [-0.05, 0) is 12.1 Å². The Morgan fingerprint density at radius 1 is 1.56 bits per heavy atom. The average molecular weight is 249 g/mol. The summed E-state index contributed by atoms with van der Waals surface area (Å²) >= 11 is 0. The molecule has 1 atom stereocenters. The van der Waals surface area contributed by atoms with Crippen LogP contribution in [0.5, 0.6) is 0 Å². The van der Waals surface area contributed by atoms with Crippen LogP contribution in [-0.2, 0) is 9.59 Å². The summed E-state index contributed by atoms with van der Waals surface area (Å²) in [5.41, 5.74) is 0. The third-order valence-corrected chi connectivity index (χ3v) is 2.92. The van der Waals surface area contributed by atoms with Crippen LogP contribution in [0.1, 0.15) is 6.42 Å². The fourth-order valence-corrected chi connectivity index (χ4v) is 1.94. The number of likely N-dealkylation sites (tertiary alicyclic amines) is 1. The summed E-state index contributed by atoms with van der Waals surface area (Å²) in [5.74, 6) is -0.806. The van der Waals surface area contributed by atoms with Crippen molar-refractivity contribution >= 4 is 17.7 Å². The number of nitrogens with zero attached hydrogens (tertiary/aromatic N) is 2. The number of rotatable bonds is 5. The number of carboxylic acids is 1. The summed E-state index contributed by atoms with van der Waals surface area (Å²) in [6.07, 6.45) is 1.79. The van der Waals surface area contributed by atoms with Crippen LogP contribution in [0.3, 0.4) is 0 Å². The predicted octanol–water partition coefficient (Wildman–Crippen LogP) is 0.427. The van der Waals surface area contributed by atoms with Crippen LogP contribution in [-0.4, -0.2) is 46.5 Å². The number of carbonyl (C=O) groups is 2. The van der Waals surface area contributed by atoms with E-state index in [0.717, 1.165) is 5.82 Å². The Morgan fingerprint density at radius 3 is 3.00 bits per heavy atom. The molecule has 0 saturated carbocycles. The first-order chi connectivity index (χ1) is 8.66. The van der Waals surface area contributed by atoms with Gasteiger partial charge in [0.2, 0.25) is 5.91 Å². The first-order valence-electron chi connectivity index (χ1n) is 5.82. The van der Waals surface area contributed by atoms with E-state index in [1.807, 2.05) is 18.2 Å². The largest absolute Gasteiger partial charge is 0.481 e. The Labute approximate surface area is 105 Å².